The van der Waals surface area contributed by atoms with Crippen LogP contribution in [0.2, 0.25) is 0 Å². The fraction of sp³-hybridized carbons (Fsp3) is 0.0769. The molecule has 0 aromatic heterocycles. The number of hydrogen-bond acceptors (Lipinski definition) is 3. The van der Waals surface area contributed by atoms with Gasteiger partial charge in [0, 0.05) is 0 Å². The topological polar surface area (TPSA) is 45.0 Å². The third-order valence-electron chi connectivity index (χ3n) is 2.13. The number of phenolic OH excluding ortho intramolecular Hbond substituents is 1. The second-order valence-corrected chi connectivity index (χ2v) is 3.40. The summed E-state index contributed by atoms with van der Waals surface area (Å²) in [5.74, 6) is 0.267. The van der Waals surface area contributed by atoms with E-state index < -0.39 is 0 Å². The number of azo groups is 1. The molecule has 0 saturated heterocycles. The lowest BCUT2D eigenvalue weighted by atomic mass is 10.2. The summed E-state index contributed by atoms with van der Waals surface area (Å²) in [4.78, 5) is 0. The van der Waals surface area contributed by atoms with Crippen molar-refractivity contribution in [2.45, 2.75) is 6.54 Å². The number of phenols is 1. The molecule has 0 bridgehead atoms. The molecule has 16 heavy (non-hydrogen) atoms. The Kier molecular flexibility index (Phi) is 3.28. The molecule has 2 aromatic carbocycles. The third-order valence-corrected chi connectivity index (χ3v) is 2.13. The molecule has 1 N–H and O–H groups in total. The minimum absolute atomic E-state index is 0.267. The van der Waals surface area contributed by atoms with Gasteiger partial charge in [-0.25, -0.2) is 0 Å². The summed E-state index contributed by atoms with van der Waals surface area (Å²) in [6.07, 6.45) is 0. The molecule has 0 aliphatic heterocycles. The Morgan fingerprint density at radius 1 is 0.875 bits per heavy atom. The fourth-order valence-corrected chi connectivity index (χ4v) is 1.29. The predicted molar refractivity (Wildman–Crippen MR) is 62.8 cm³/mol. The predicted octanol–water partition coefficient (Wildman–Crippen LogP) is 3.68. The monoisotopic (exact) mass is 212 g/mol. The van der Waals surface area contributed by atoms with Gasteiger partial charge < -0.3 is 5.11 Å². The Morgan fingerprint density at radius 2 is 1.56 bits per heavy atom. The first-order valence-electron chi connectivity index (χ1n) is 5.05. The van der Waals surface area contributed by atoms with E-state index in [4.69, 9.17) is 5.11 Å². The highest BCUT2D eigenvalue weighted by molar-refractivity contribution is 5.34. The van der Waals surface area contributed by atoms with Gasteiger partial charge in [0.2, 0.25) is 0 Å². The van der Waals surface area contributed by atoms with Crippen molar-refractivity contribution in [2.24, 2.45) is 10.2 Å². The van der Waals surface area contributed by atoms with E-state index in [0.717, 1.165) is 11.3 Å². The van der Waals surface area contributed by atoms with E-state index >= 15 is 0 Å². The first-order valence-corrected chi connectivity index (χ1v) is 5.05. The highest BCUT2D eigenvalue weighted by Gasteiger charge is 1.91. The summed E-state index contributed by atoms with van der Waals surface area (Å²) >= 11 is 0. The Hall–Kier alpha value is -2.16. The smallest absolute Gasteiger partial charge is 0.115 e. The fourth-order valence-electron chi connectivity index (χ4n) is 1.29. The summed E-state index contributed by atoms with van der Waals surface area (Å²) in [7, 11) is 0. The molecule has 80 valence electrons. The van der Waals surface area contributed by atoms with Gasteiger partial charge in [-0.2, -0.15) is 10.2 Å². The number of benzene rings is 2. The van der Waals surface area contributed by atoms with Gasteiger partial charge in [-0.1, -0.05) is 30.3 Å². The minimum atomic E-state index is 0.267. The van der Waals surface area contributed by atoms with Gasteiger partial charge in [-0.05, 0) is 29.8 Å². The Balaban J connectivity index is 1.97. The maximum atomic E-state index is 9.11. The van der Waals surface area contributed by atoms with Gasteiger partial charge in [0.15, 0.2) is 0 Å². The van der Waals surface area contributed by atoms with Gasteiger partial charge in [0.1, 0.15) is 5.75 Å². The highest BCUT2D eigenvalue weighted by Crippen LogP contribution is 2.13. The zero-order valence-corrected chi connectivity index (χ0v) is 8.74. The second kappa shape index (κ2) is 5.07. The maximum Gasteiger partial charge on any atom is 0.115 e. The van der Waals surface area contributed by atoms with Gasteiger partial charge in [0.25, 0.3) is 0 Å². The molecule has 0 fully saturated rings. The molecule has 0 unspecified atom stereocenters. The van der Waals surface area contributed by atoms with Crippen molar-refractivity contribution >= 4 is 5.69 Å². The maximum absolute atomic E-state index is 9.11. The van der Waals surface area contributed by atoms with E-state index in [1.54, 1.807) is 12.1 Å². The van der Waals surface area contributed by atoms with Crippen molar-refractivity contribution in [3.05, 3.63) is 60.2 Å². The average molecular weight is 212 g/mol. The third kappa shape index (κ3) is 2.92. The van der Waals surface area contributed by atoms with Crippen molar-refractivity contribution < 1.29 is 5.11 Å². The number of nitrogens with zero attached hydrogens (tertiary/aromatic N) is 2. The van der Waals surface area contributed by atoms with Crippen LogP contribution in [-0.2, 0) is 6.54 Å². The largest absolute Gasteiger partial charge is 0.508 e. The summed E-state index contributed by atoms with van der Waals surface area (Å²) in [5.41, 5.74) is 1.87. The van der Waals surface area contributed by atoms with E-state index in [-0.39, 0.29) is 5.75 Å². The van der Waals surface area contributed by atoms with E-state index in [9.17, 15) is 0 Å². The van der Waals surface area contributed by atoms with Crippen LogP contribution < -0.4 is 0 Å². The van der Waals surface area contributed by atoms with Crippen LogP contribution in [0.25, 0.3) is 0 Å². The molecule has 0 radical (unpaired) electrons. The number of rotatable bonds is 3. The zero-order chi connectivity index (χ0) is 11.2. The van der Waals surface area contributed by atoms with Crippen LogP contribution in [0, 0.1) is 0 Å². The molecule has 0 heterocycles. The molecule has 0 aliphatic rings. The Bertz CT molecular complexity index is 463. The van der Waals surface area contributed by atoms with E-state index in [1.165, 1.54) is 0 Å². The molecule has 3 heteroatoms. The van der Waals surface area contributed by atoms with Gasteiger partial charge in [0.05, 0.1) is 12.2 Å². The van der Waals surface area contributed by atoms with E-state index in [0.29, 0.717) is 6.54 Å². The number of aromatic hydroxyl groups is 1. The molecule has 0 amide bonds. The molecule has 2 rings (SSSR count). The summed E-state index contributed by atoms with van der Waals surface area (Å²) in [6, 6.07) is 16.6. The zero-order valence-electron chi connectivity index (χ0n) is 8.74. The van der Waals surface area contributed by atoms with E-state index in [2.05, 4.69) is 10.2 Å². The molecule has 0 saturated carbocycles. The van der Waals surface area contributed by atoms with Crippen LogP contribution in [-0.4, -0.2) is 5.11 Å². The van der Waals surface area contributed by atoms with Crippen molar-refractivity contribution in [1.82, 2.24) is 0 Å². The lowest BCUT2D eigenvalue weighted by Crippen LogP contribution is -1.78. The van der Waals surface area contributed by atoms with Crippen LogP contribution >= 0.6 is 0 Å². The molecule has 0 spiro atoms. The lowest BCUT2D eigenvalue weighted by molar-refractivity contribution is 0.475. The highest BCUT2D eigenvalue weighted by atomic mass is 16.3. The van der Waals surface area contributed by atoms with Crippen LogP contribution in [0.5, 0.6) is 5.75 Å². The Morgan fingerprint density at radius 3 is 2.25 bits per heavy atom. The second-order valence-electron chi connectivity index (χ2n) is 3.40. The van der Waals surface area contributed by atoms with Crippen molar-refractivity contribution in [3.63, 3.8) is 0 Å². The van der Waals surface area contributed by atoms with E-state index in [1.807, 2.05) is 42.5 Å². The van der Waals surface area contributed by atoms with Crippen LogP contribution in [0.4, 0.5) is 5.69 Å². The molecule has 0 aliphatic carbocycles. The van der Waals surface area contributed by atoms with Crippen LogP contribution in [0.15, 0.2) is 64.8 Å². The number of hydrogen-bond donors (Lipinski definition) is 1. The van der Waals surface area contributed by atoms with Crippen LogP contribution in [0.1, 0.15) is 5.56 Å². The normalized spacial score (nSPS) is 10.8. The molecular formula is C13H12N2O. The molecule has 2 aromatic rings. The summed E-state index contributed by atoms with van der Waals surface area (Å²) in [6.45, 7) is 0.523. The van der Waals surface area contributed by atoms with Gasteiger partial charge >= 0.3 is 0 Å². The first-order chi connectivity index (χ1) is 7.84. The first kappa shape index (κ1) is 10.4. The SMILES string of the molecule is Oc1ccc(CN=Nc2ccccc2)cc1. The standard InChI is InChI=1S/C13H12N2O/c16-13-8-6-11(7-9-13)10-14-15-12-4-2-1-3-5-12/h1-9,16H,10H2. The quantitative estimate of drug-likeness (QED) is 0.775. The molecular weight excluding hydrogens is 200 g/mol. The molecule has 3 nitrogen and oxygen atoms in total. The van der Waals surface area contributed by atoms with Gasteiger partial charge in [-0.3, -0.25) is 0 Å². The summed E-state index contributed by atoms with van der Waals surface area (Å²) < 4.78 is 0. The molecule has 0 atom stereocenters. The Labute approximate surface area is 94.1 Å². The van der Waals surface area contributed by atoms with Gasteiger partial charge in [-0.15, -0.1) is 0 Å². The van der Waals surface area contributed by atoms with Crippen LogP contribution in [0.3, 0.4) is 0 Å². The summed E-state index contributed by atoms with van der Waals surface area (Å²) in [5, 5.41) is 17.3. The lowest BCUT2D eigenvalue weighted by Gasteiger charge is -1.95. The minimum Gasteiger partial charge on any atom is -0.508 e. The van der Waals surface area contributed by atoms with Crippen molar-refractivity contribution in [3.8, 4) is 5.75 Å². The van der Waals surface area contributed by atoms with Crippen molar-refractivity contribution in [1.29, 1.82) is 0 Å². The average Bonchev–Trinajstić information content (AvgIpc) is 2.33. The van der Waals surface area contributed by atoms with Crippen molar-refractivity contribution in [2.75, 3.05) is 0 Å².